The van der Waals surface area contributed by atoms with Crippen LogP contribution in [0.3, 0.4) is 0 Å². The Morgan fingerprint density at radius 2 is 1.57 bits per heavy atom. The molecule has 4 rings (SSSR count). The summed E-state index contributed by atoms with van der Waals surface area (Å²) in [5.74, 6) is -0.731. The molecule has 0 saturated heterocycles. The zero-order valence-electron chi connectivity index (χ0n) is 14.9. The lowest BCUT2D eigenvalue weighted by molar-refractivity contribution is -0.112. The lowest BCUT2D eigenvalue weighted by Gasteiger charge is -2.29. The topological polar surface area (TPSA) is 37.4 Å². The monoisotopic (exact) mass is 407 g/mol. The number of hydrogen-bond acceptors (Lipinski definition) is 2. The number of benzene rings is 3. The normalized spacial score (nSPS) is 15.1. The van der Waals surface area contributed by atoms with Crippen LogP contribution in [0.15, 0.2) is 66.7 Å². The summed E-state index contributed by atoms with van der Waals surface area (Å²) >= 11 is 12.3. The van der Waals surface area contributed by atoms with Crippen molar-refractivity contribution in [2.75, 3.05) is 4.90 Å². The van der Waals surface area contributed by atoms with Crippen LogP contribution in [-0.2, 0) is 4.79 Å². The van der Waals surface area contributed by atoms with E-state index in [9.17, 15) is 9.59 Å². The molecule has 0 atom stereocenters. The maximum atomic E-state index is 13.4. The molecule has 0 saturated carbocycles. The fourth-order valence-electron chi connectivity index (χ4n) is 3.27. The second-order valence-electron chi connectivity index (χ2n) is 6.55. The van der Waals surface area contributed by atoms with Gasteiger partial charge in [0.15, 0.2) is 0 Å². The van der Waals surface area contributed by atoms with Gasteiger partial charge in [-0.2, -0.15) is 0 Å². The Hall–Kier alpha value is -2.88. The van der Waals surface area contributed by atoms with E-state index in [0.29, 0.717) is 38.0 Å². The highest BCUT2D eigenvalue weighted by Gasteiger charge is 2.35. The van der Waals surface area contributed by atoms with E-state index in [1.807, 2.05) is 25.1 Å². The first-order chi connectivity index (χ1) is 13.5. The Morgan fingerprint density at radius 3 is 2.29 bits per heavy atom. The highest BCUT2D eigenvalue weighted by Crippen LogP contribution is 2.35. The Balaban J connectivity index is 1.92. The maximum absolute atomic E-state index is 13.4. The average molecular weight is 408 g/mol. The Morgan fingerprint density at radius 1 is 0.821 bits per heavy atom. The van der Waals surface area contributed by atoms with Crippen molar-refractivity contribution in [3.63, 3.8) is 0 Å². The third-order valence-electron chi connectivity index (χ3n) is 4.61. The van der Waals surface area contributed by atoms with Crippen molar-refractivity contribution in [3.05, 3.63) is 99.0 Å². The van der Waals surface area contributed by atoms with Crippen LogP contribution in [0.5, 0.6) is 0 Å². The quantitative estimate of drug-likeness (QED) is 0.384. The molecule has 0 spiro atoms. The lowest BCUT2D eigenvalue weighted by Crippen LogP contribution is -2.41. The van der Waals surface area contributed by atoms with Gasteiger partial charge in [0.1, 0.15) is 0 Å². The molecule has 0 aliphatic carbocycles. The summed E-state index contributed by atoms with van der Waals surface area (Å²) < 4.78 is 0. The SMILES string of the molecule is Cc1cccc(N2C(=O)/C(=C\c3ccc(Cl)cc3Cl)c3ccccc3C2=O)c1. The van der Waals surface area contributed by atoms with Crippen molar-refractivity contribution < 1.29 is 9.59 Å². The molecule has 0 bridgehead atoms. The smallest absolute Gasteiger partial charge is 0.265 e. The van der Waals surface area contributed by atoms with Gasteiger partial charge in [-0.15, -0.1) is 0 Å². The van der Waals surface area contributed by atoms with Crippen LogP contribution in [0.25, 0.3) is 11.6 Å². The van der Waals surface area contributed by atoms with E-state index >= 15 is 0 Å². The van der Waals surface area contributed by atoms with Crippen LogP contribution in [0.1, 0.15) is 27.0 Å². The fraction of sp³-hybridized carbons (Fsp3) is 0.0435. The predicted molar refractivity (Wildman–Crippen MR) is 114 cm³/mol. The van der Waals surface area contributed by atoms with Crippen LogP contribution >= 0.6 is 23.2 Å². The molecule has 0 radical (unpaired) electrons. The first kappa shape index (κ1) is 18.5. The maximum Gasteiger partial charge on any atom is 0.265 e. The van der Waals surface area contributed by atoms with E-state index in [4.69, 9.17) is 23.2 Å². The molecule has 138 valence electrons. The highest BCUT2D eigenvalue weighted by molar-refractivity contribution is 6.43. The first-order valence-corrected chi connectivity index (χ1v) is 9.43. The molecule has 2 amide bonds. The van der Waals surface area contributed by atoms with Crippen molar-refractivity contribution >= 4 is 52.4 Å². The number of carbonyl (C=O) groups excluding carboxylic acids is 2. The van der Waals surface area contributed by atoms with Gasteiger partial charge >= 0.3 is 0 Å². The number of carbonyl (C=O) groups is 2. The van der Waals surface area contributed by atoms with Gasteiger partial charge in [-0.1, -0.05) is 59.6 Å². The summed E-state index contributed by atoms with van der Waals surface area (Å²) in [6, 6.07) is 19.5. The Bertz CT molecular complexity index is 1150. The van der Waals surface area contributed by atoms with Crippen LogP contribution in [0, 0.1) is 6.92 Å². The molecular weight excluding hydrogens is 393 g/mol. The van der Waals surface area contributed by atoms with Crippen LogP contribution in [0.2, 0.25) is 10.0 Å². The third-order valence-corrected chi connectivity index (χ3v) is 5.17. The van der Waals surface area contributed by atoms with Gasteiger partial charge in [0.05, 0.1) is 5.69 Å². The fourth-order valence-corrected chi connectivity index (χ4v) is 3.73. The zero-order chi connectivity index (χ0) is 19.8. The van der Waals surface area contributed by atoms with Crippen molar-refractivity contribution in [1.29, 1.82) is 0 Å². The summed E-state index contributed by atoms with van der Waals surface area (Å²) in [6.45, 7) is 1.92. The minimum atomic E-state index is -0.389. The van der Waals surface area contributed by atoms with Crippen molar-refractivity contribution in [2.24, 2.45) is 0 Å². The second-order valence-corrected chi connectivity index (χ2v) is 7.40. The van der Waals surface area contributed by atoms with Gasteiger partial charge in [-0.05, 0) is 60.0 Å². The molecule has 28 heavy (non-hydrogen) atoms. The van der Waals surface area contributed by atoms with Gasteiger partial charge in [0.2, 0.25) is 0 Å². The Kier molecular flexibility index (Phi) is 4.80. The second kappa shape index (κ2) is 7.27. The number of aryl methyl sites for hydroxylation is 1. The number of amides is 2. The minimum absolute atomic E-state index is 0.342. The molecule has 0 fully saturated rings. The summed E-state index contributed by atoms with van der Waals surface area (Å²) in [5.41, 5.74) is 3.62. The number of fused-ring (bicyclic) bond motifs is 1. The van der Waals surface area contributed by atoms with Crippen molar-refractivity contribution in [1.82, 2.24) is 0 Å². The van der Waals surface area contributed by atoms with E-state index in [2.05, 4.69) is 0 Å². The van der Waals surface area contributed by atoms with Crippen molar-refractivity contribution in [3.8, 4) is 0 Å². The van der Waals surface area contributed by atoms with Crippen LogP contribution < -0.4 is 4.90 Å². The number of anilines is 1. The largest absolute Gasteiger partial charge is 0.268 e. The summed E-state index contributed by atoms with van der Waals surface area (Å²) in [6.07, 6.45) is 1.70. The highest BCUT2D eigenvalue weighted by atomic mass is 35.5. The van der Waals surface area contributed by atoms with Crippen LogP contribution in [0.4, 0.5) is 5.69 Å². The number of hydrogen-bond donors (Lipinski definition) is 0. The van der Waals surface area contributed by atoms with E-state index in [1.54, 1.807) is 54.6 Å². The lowest BCUT2D eigenvalue weighted by atomic mass is 9.91. The summed E-state index contributed by atoms with van der Waals surface area (Å²) in [7, 11) is 0. The van der Waals surface area contributed by atoms with E-state index in [0.717, 1.165) is 5.56 Å². The predicted octanol–water partition coefficient (Wildman–Crippen LogP) is 6.03. The van der Waals surface area contributed by atoms with Crippen molar-refractivity contribution in [2.45, 2.75) is 6.92 Å². The average Bonchev–Trinajstić information content (AvgIpc) is 2.67. The molecule has 1 aliphatic heterocycles. The van der Waals surface area contributed by atoms with Gasteiger partial charge < -0.3 is 0 Å². The van der Waals surface area contributed by atoms with E-state index in [1.165, 1.54) is 4.90 Å². The molecule has 5 heteroatoms. The van der Waals surface area contributed by atoms with Crippen LogP contribution in [-0.4, -0.2) is 11.8 Å². The Labute approximate surface area is 172 Å². The molecule has 3 nitrogen and oxygen atoms in total. The molecule has 1 aliphatic rings. The molecule has 1 heterocycles. The van der Waals surface area contributed by atoms with Gasteiger partial charge in [0.25, 0.3) is 11.8 Å². The van der Waals surface area contributed by atoms with Gasteiger partial charge in [-0.25, -0.2) is 4.90 Å². The first-order valence-electron chi connectivity index (χ1n) is 8.67. The molecule has 0 N–H and O–H groups in total. The van der Waals surface area contributed by atoms with E-state index < -0.39 is 0 Å². The minimum Gasteiger partial charge on any atom is -0.268 e. The molecule has 3 aromatic rings. The van der Waals surface area contributed by atoms with E-state index in [-0.39, 0.29) is 11.8 Å². The number of imide groups is 1. The molecular formula is C23H15Cl2NO2. The standard InChI is InChI=1S/C23H15Cl2NO2/c1-14-5-4-6-17(11-14)26-22(27)19-8-3-2-7-18(19)20(23(26)28)12-15-9-10-16(24)13-21(15)25/h2-13H,1H3/b20-12-. The van der Waals surface area contributed by atoms with Gasteiger partial charge in [-0.3, -0.25) is 9.59 Å². The summed E-state index contributed by atoms with van der Waals surface area (Å²) in [4.78, 5) is 27.7. The molecule has 0 unspecified atom stereocenters. The number of rotatable bonds is 2. The third kappa shape index (κ3) is 3.24. The summed E-state index contributed by atoms with van der Waals surface area (Å²) in [5, 5.41) is 0.948. The number of halogens is 2. The molecule has 3 aromatic carbocycles. The zero-order valence-corrected chi connectivity index (χ0v) is 16.5. The molecule has 0 aromatic heterocycles. The number of nitrogens with zero attached hydrogens (tertiary/aromatic N) is 1. The van der Waals surface area contributed by atoms with Gasteiger partial charge in [0, 0.05) is 21.2 Å².